The van der Waals surface area contributed by atoms with Gasteiger partial charge in [0.25, 0.3) is 15.9 Å². The second-order valence-corrected chi connectivity index (χ2v) is 9.28. The van der Waals surface area contributed by atoms with Crippen LogP contribution < -0.4 is 14.9 Å². The smallest absolute Gasteiger partial charge is 0.264 e. The van der Waals surface area contributed by atoms with Gasteiger partial charge in [0.1, 0.15) is 4.90 Å². The van der Waals surface area contributed by atoms with Crippen molar-refractivity contribution < 1.29 is 17.9 Å². The van der Waals surface area contributed by atoms with Gasteiger partial charge in [-0.25, -0.2) is 8.42 Å². The Bertz CT molecular complexity index is 1240. The number of carbonyl (C=O) groups excluding carboxylic acids is 1. The van der Waals surface area contributed by atoms with Crippen molar-refractivity contribution in [3.8, 4) is 0 Å². The standard InChI is InChI=1S/C21H22ClN5O4S/c1-26-14-15(13-23-26)21(28)24-16-6-7-19(27-8-10-31-11-9-27)20(12-16)32(29,30)25-18-5-3-2-4-17(18)22/h2-7,12-14,25H,8-11H2,1H3,(H,24,28). The van der Waals surface area contributed by atoms with Gasteiger partial charge in [-0.3, -0.25) is 14.2 Å². The van der Waals surface area contributed by atoms with E-state index in [2.05, 4.69) is 15.1 Å². The van der Waals surface area contributed by atoms with Crippen molar-refractivity contribution in [2.24, 2.45) is 7.05 Å². The van der Waals surface area contributed by atoms with E-state index < -0.39 is 10.0 Å². The number of ether oxygens (including phenoxy) is 1. The molecule has 4 rings (SSSR count). The molecule has 1 aromatic heterocycles. The minimum absolute atomic E-state index is 0.0308. The molecule has 2 aromatic carbocycles. The number of nitrogens with one attached hydrogen (secondary N) is 2. The minimum Gasteiger partial charge on any atom is -0.378 e. The largest absolute Gasteiger partial charge is 0.378 e. The Morgan fingerprint density at radius 2 is 1.91 bits per heavy atom. The number of hydrogen-bond acceptors (Lipinski definition) is 6. The number of benzene rings is 2. The van der Waals surface area contributed by atoms with Gasteiger partial charge >= 0.3 is 0 Å². The van der Waals surface area contributed by atoms with Crippen LogP contribution in [0.3, 0.4) is 0 Å². The third-order valence-corrected chi connectivity index (χ3v) is 6.67. The highest BCUT2D eigenvalue weighted by atomic mass is 35.5. The van der Waals surface area contributed by atoms with Crippen LogP contribution in [0.5, 0.6) is 0 Å². The molecule has 0 atom stereocenters. The second-order valence-electron chi connectivity index (χ2n) is 7.22. The third kappa shape index (κ3) is 4.87. The van der Waals surface area contributed by atoms with Crippen molar-refractivity contribution in [3.63, 3.8) is 0 Å². The highest BCUT2D eigenvalue weighted by Gasteiger charge is 2.25. The first kappa shape index (κ1) is 22.1. The highest BCUT2D eigenvalue weighted by molar-refractivity contribution is 7.93. The summed E-state index contributed by atoms with van der Waals surface area (Å²) < 4.78 is 36.2. The van der Waals surface area contributed by atoms with Gasteiger partial charge < -0.3 is 15.0 Å². The van der Waals surface area contributed by atoms with Crippen molar-refractivity contribution in [2.45, 2.75) is 4.90 Å². The Morgan fingerprint density at radius 3 is 2.59 bits per heavy atom. The molecule has 2 heterocycles. The van der Waals surface area contributed by atoms with Gasteiger partial charge in [-0.1, -0.05) is 23.7 Å². The average Bonchev–Trinajstić information content (AvgIpc) is 3.22. The molecule has 1 amide bonds. The van der Waals surface area contributed by atoms with E-state index in [9.17, 15) is 13.2 Å². The van der Waals surface area contributed by atoms with Gasteiger partial charge in [-0.05, 0) is 30.3 Å². The van der Waals surface area contributed by atoms with Crippen LogP contribution in [-0.2, 0) is 21.8 Å². The van der Waals surface area contributed by atoms with E-state index in [4.69, 9.17) is 16.3 Å². The molecule has 1 aliphatic rings. The van der Waals surface area contributed by atoms with Gasteiger partial charge in [0.2, 0.25) is 0 Å². The average molecular weight is 476 g/mol. The van der Waals surface area contributed by atoms with Crippen LogP contribution in [0.4, 0.5) is 17.1 Å². The molecular weight excluding hydrogens is 454 g/mol. The number of para-hydroxylation sites is 1. The molecule has 9 nitrogen and oxygen atoms in total. The lowest BCUT2D eigenvalue weighted by Crippen LogP contribution is -2.37. The normalized spacial score (nSPS) is 14.2. The molecule has 1 saturated heterocycles. The van der Waals surface area contributed by atoms with Crippen molar-refractivity contribution in [1.82, 2.24) is 9.78 Å². The summed E-state index contributed by atoms with van der Waals surface area (Å²) in [5, 5.41) is 7.00. The molecule has 11 heteroatoms. The maximum Gasteiger partial charge on any atom is 0.264 e. The fraction of sp³-hybridized carbons (Fsp3) is 0.238. The molecule has 1 fully saturated rings. The molecular formula is C21H22ClN5O4S. The van der Waals surface area contributed by atoms with Gasteiger partial charge in [0.05, 0.1) is 41.4 Å². The van der Waals surface area contributed by atoms with E-state index >= 15 is 0 Å². The number of aryl methyl sites for hydroxylation is 1. The zero-order valence-corrected chi connectivity index (χ0v) is 18.9. The van der Waals surface area contributed by atoms with E-state index in [1.54, 1.807) is 49.6 Å². The van der Waals surface area contributed by atoms with Crippen LogP contribution in [0.25, 0.3) is 0 Å². The van der Waals surface area contributed by atoms with Crippen molar-refractivity contribution in [2.75, 3.05) is 41.2 Å². The summed E-state index contributed by atoms with van der Waals surface area (Å²) in [6.07, 6.45) is 3.02. The first-order chi connectivity index (χ1) is 15.3. The van der Waals surface area contributed by atoms with E-state index in [-0.39, 0.29) is 21.5 Å². The van der Waals surface area contributed by atoms with Crippen LogP contribution in [0.1, 0.15) is 10.4 Å². The number of aromatic nitrogens is 2. The summed E-state index contributed by atoms with van der Waals surface area (Å²) in [6.45, 7) is 2.10. The molecule has 168 valence electrons. The number of anilines is 3. The van der Waals surface area contributed by atoms with Crippen LogP contribution in [0.2, 0.25) is 5.02 Å². The number of sulfonamides is 1. The Labute approximate surface area is 191 Å². The molecule has 0 spiro atoms. The Kier molecular flexibility index (Phi) is 6.35. The third-order valence-electron chi connectivity index (χ3n) is 4.94. The fourth-order valence-electron chi connectivity index (χ4n) is 3.36. The predicted molar refractivity (Wildman–Crippen MR) is 123 cm³/mol. The lowest BCUT2D eigenvalue weighted by molar-refractivity contribution is 0.102. The van der Waals surface area contributed by atoms with Gasteiger partial charge in [0, 0.05) is 32.0 Å². The van der Waals surface area contributed by atoms with Gasteiger partial charge in [-0.2, -0.15) is 5.10 Å². The summed E-state index contributed by atoms with van der Waals surface area (Å²) in [6, 6.07) is 11.4. The monoisotopic (exact) mass is 475 g/mol. The molecule has 2 N–H and O–H groups in total. The molecule has 0 radical (unpaired) electrons. The predicted octanol–water partition coefficient (Wildman–Crippen LogP) is 2.96. The molecule has 0 unspecified atom stereocenters. The number of rotatable bonds is 6. The van der Waals surface area contributed by atoms with Crippen molar-refractivity contribution in [1.29, 1.82) is 0 Å². The highest BCUT2D eigenvalue weighted by Crippen LogP contribution is 2.32. The number of carbonyl (C=O) groups is 1. The lowest BCUT2D eigenvalue weighted by atomic mass is 10.2. The van der Waals surface area contributed by atoms with Crippen molar-refractivity contribution >= 4 is 44.6 Å². The van der Waals surface area contributed by atoms with Crippen molar-refractivity contribution in [3.05, 3.63) is 65.4 Å². The van der Waals surface area contributed by atoms with E-state index in [1.807, 2.05) is 4.90 Å². The number of amides is 1. The van der Waals surface area contributed by atoms with Gasteiger partial charge in [-0.15, -0.1) is 0 Å². The molecule has 3 aromatic rings. The molecule has 32 heavy (non-hydrogen) atoms. The topological polar surface area (TPSA) is 106 Å². The number of hydrogen-bond donors (Lipinski definition) is 2. The van der Waals surface area contributed by atoms with E-state index in [1.165, 1.54) is 16.9 Å². The quantitative estimate of drug-likeness (QED) is 0.567. The Balaban J connectivity index is 1.70. The first-order valence-corrected chi connectivity index (χ1v) is 11.7. The summed E-state index contributed by atoms with van der Waals surface area (Å²) in [7, 11) is -2.31. The van der Waals surface area contributed by atoms with Crippen LogP contribution in [0, 0.1) is 0 Å². The summed E-state index contributed by atoms with van der Waals surface area (Å²) >= 11 is 6.16. The Hall–Kier alpha value is -3.08. The zero-order chi connectivity index (χ0) is 22.7. The summed E-state index contributed by atoms with van der Waals surface area (Å²) in [5.41, 5.74) is 1.50. The SMILES string of the molecule is Cn1cc(C(=O)Nc2ccc(N3CCOCC3)c(S(=O)(=O)Nc3ccccc3Cl)c2)cn1. The first-order valence-electron chi connectivity index (χ1n) is 9.87. The molecule has 0 saturated carbocycles. The van der Waals surface area contributed by atoms with E-state index in [0.29, 0.717) is 43.2 Å². The minimum atomic E-state index is -4.02. The summed E-state index contributed by atoms with van der Waals surface area (Å²) in [5.74, 6) is -0.389. The lowest BCUT2D eigenvalue weighted by Gasteiger charge is -2.30. The Morgan fingerprint density at radius 1 is 1.16 bits per heavy atom. The number of halogens is 1. The molecule has 0 bridgehead atoms. The maximum absolute atomic E-state index is 13.4. The van der Waals surface area contributed by atoms with Crippen LogP contribution >= 0.6 is 11.6 Å². The molecule has 1 aliphatic heterocycles. The fourth-order valence-corrected chi connectivity index (χ4v) is 4.93. The van der Waals surface area contributed by atoms with Gasteiger partial charge in [0.15, 0.2) is 0 Å². The number of nitrogens with zero attached hydrogens (tertiary/aromatic N) is 3. The maximum atomic E-state index is 13.4. The van der Waals surface area contributed by atoms with Crippen LogP contribution in [-0.4, -0.2) is 50.4 Å². The molecule has 0 aliphatic carbocycles. The second kappa shape index (κ2) is 9.19. The number of morpholine rings is 1. The zero-order valence-electron chi connectivity index (χ0n) is 17.3. The van der Waals surface area contributed by atoms with Crippen LogP contribution in [0.15, 0.2) is 59.8 Å². The summed E-state index contributed by atoms with van der Waals surface area (Å²) in [4.78, 5) is 14.5. The van der Waals surface area contributed by atoms with E-state index in [0.717, 1.165) is 0 Å².